The average Bonchev–Trinajstić information content (AvgIpc) is 2.65. The number of rotatable bonds is 4. The van der Waals surface area contributed by atoms with Crippen LogP contribution in [0, 0.1) is 0 Å². The van der Waals surface area contributed by atoms with Crippen LogP contribution >= 0.6 is 27.3 Å². The molecule has 1 rings (SSSR count). The second-order valence-corrected chi connectivity index (χ2v) is 7.65. The van der Waals surface area contributed by atoms with Crippen LogP contribution in [-0.4, -0.2) is 37.4 Å². The molecule has 9 heteroatoms. The molecule has 0 aliphatic rings. The Morgan fingerprint density at radius 3 is 2.75 bits per heavy atom. The van der Waals surface area contributed by atoms with Crippen molar-refractivity contribution in [2.24, 2.45) is 10.9 Å². The van der Waals surface area contributed by atoms with Crippen LogP contribution in [0.25, 0.3) is 0 Å². The first kappa shape index (κ1) is 13.4. The Bertz CT molecular complexity index is 497. The molecule has 0 saturated heterocycles. The quantitative estimate of drug-likeness (QED) is 0.371. The van der Waals surface area contributed by atoms with Crippen molar-refractivity contribution in [2.45, 2.75) is 4.21 Å². The number of nitrogens with zero attached hydrogens (tertiary/aromatic N) is 2. The van der Waals surface area contributed by atoms with Gasteiger partial charge in [-0.15, -0.1) is 11.3 Å². The highest BCUT2D eigenvalue weighted by atomic mass is 79.9. The maximum absolute atomic E-state index is 11.9. The second-order valence-electron chi connectivity index (χ2n) is 2.91. The molecule has 3 N–H and O–H groups in total. The van der Waals surface area contributed by atoms with Gasteiger partial charge in [0.25, 0.3) is 10.0 Å². The largest absolute Gasteiger partial charge is 0.409 e. The maximum Gasteiger partial charge on any atom is 0.252 e. The van der Waals surface area contributed by atoms with Gasteiger partial charge in [-0.1, -0.05) is 5.16 Å². The minimum absolute atomic E-state index is 0.158. The zero-order valence-corrected chi connectivity index (χ0v) is 11.5. The number of amidine groups is 1. The van der Waals surface area contributed by atoms with Gasteiger partial charge in [0.05, 0.1) is 10.3 Å². The van der Waals surface area contributed by atoms with Crippen molar-refractivity contribution in [1.29, 1.82) is 0 Å². The monoisotopic (exact) mass is 327 g/mol. The van der Waals surface area contributed by atoms with Crippen molar-refractivity contribution in [1.82, 2.24) is 4.31 Å². The number of thiophene rings is 1. The summed E-state index contributed by atoms with van der Waals surface area (Å²) in [5.41, 5.74) is 5.24. The van der Waals surface area contributed by atoms with Crippen molar-refractivity contribution >= 4 is 43.1 Å². The zero-order chi connectivity index (χ0) is 12.3. The number of nitrogens with two attached hydrogens (primary N) is 1. The predicted molar refractivity (Wildman–Crippen MR) is 65.2 cm³/mol. The van der Waals surface area contributed by atoms with E-state index < -0.39 is 10.0 Å². The maximum atomic E-state index is 11.9. The van der Waals surface area contributed by atoms with E-state index in [1.54, 1.807) is 6.07 Å². The van der Waals surface area contributed by atoms with E-state index in [1.807, 2.05) is 0 Å². The predicted octanol–water partition coefficient (Wildman–Crippen LogP) is 0.878. The molecule has 16 heavy (non-hydrogen) atoms. The Hall–Kier alpha value is -0.640. The zero-order valence-electron chi connectivity index (χ0n) is 8.29. The third-order valence-electron chi connectivity index (χ3n) is 1.73. The lowest BCUT2D eigenvalue weighted by Gasteiger charge is -2.14. The molecule has 0 aliphatic carbocycles. The van der Waals surface area contributed by atoms with Gasteiger partial charge in [-0.2, -0.15) is 4.31 Å². The van der Waals surface area contributed by atoms with Crippen LogP contribution in [0.3, 0.4) is 0 Å². The van der Waals surface area contributed by atoms with Gasteiger partial charge in [0.2, 0.25) is 0 Å². The Labute approximate surface area is 106 Å². The van der Waals surface area contributed by atoms with Crippen LogP contribution in [0.15, 0.2) is 25.3 Å². The van der Waals surface area contributed by atoms with Crippen molar-refractivity contribution in [3.05, 3.63) is 15.9 Å². The molecular weight excluding hydrogens is 318 g/mol. The van der Waals surface area contributed by atoms with Crippen LogP contribution in [0.4, 0.5) is 0 Å². The normalized spacial score (nSPS) is 13.3. The molecule has 90 valence electrons. The van der Waals surface area contributed by atoms with E-state index in [9.17, 15) is 8.42 Å². The first-order valence-electron chi connectivity index (χ1n) is 4.06. The summed E-state index contributed by atoms with van der Waals surface area (Å²) in [6.45, 7) is -0.158. The van der Waals surface area contributed by atoms with Crippen LogP contribution in [0.1, 0.15) is 0 Å². The van der Waals surface area contributed by atoms with Gasteiger partial charge in [0.1, 0.15) is 4.21 Å². The summed E-state index contributed by atoms with van der Waals surface area (Å²) in [7, 11) is -2.21. The fraction of sp³-hybridized carbons (Fsp3) is 0.286. The van der Waals surface area contributed by atoms with Crippen molar-refractivity contribution < 1.29 is 13.6 Å². The van der Waals surface area contributed by atoms with Gasteiger partial charge >= 0.3 is 0 Å². The lowest BCUT2D eigenvalue weighted by molar-refractivity contribution is 0.315. The molecule has 1 heterocycles. The molecule has 0 bridgehead atoms. The van der Waals surface area contributed by atoms with Gasteiger partial charge < -0.3 is 10.9 Å². The molecule has 0 amide bonds. The molecule has 0 atom stereocenters. The number of oxime groups is 1. The highest BCUT2D eigenvalue weighted by Gasteiger charge is 2.23. The third-order valence-corrected chi connectivity index (χ3v) is 5.62. The van der Waals surface area contributed by atoms with Crippen LogP contribution in [-0.2, 0) is 10.0 Å². The molecule has 0 saturated carbocycles. The highest BCUT2D eigenvalue weighted by Crippen LogP contribution is 2.27. The van der Waals surface area contributed by atoms with E-state index in [4.69, 9.17) is 10.9 Å². The summed E-state index contributed by atoms with van der Waals surface area (Å²) in [5, 5.41) is 11.1. The Morgan fingerprint density at radius 2 is 2.31 bits per heavy atom. The van der Waals surface area contributed by atoms with Gasteiger partial charge in [0.15, 0.2) is 5.84 Å². The molecule has 1 aromatic rings. The van der Waals surface area contributed by atoms with Gasteiger partial charge in [-0.05, 0) is 28.1 Å². The van der Waals surface area contributed by atoms with Gasteiger partial charge in [-0.25, -0.2) is 8.42 Å². The topological polar surface area (TPSA) is 96.0 Å². The number of likely N-dealkylation sites (N-methyl/N-ethyl adjacent to an activating group) is 1. The van der Waals surface area contributed by atoms with Crippen LogP contribution in [0.5, 0.6) is 0 Å². The summed E-state index contributed by atoms with van der Waals surface area (Å²) in [5.74, 6) is -0.165. The summed E-state index contributed by atoms with van der Waals surface area (Å²) in [6, 6.07) is 3.14. The highest BCUT2D eigenvalue weighted by molar-refractivity contribution is 9.11. The van der Waals surface area contributed by atoms with E-state index in [1.165, 1.54) is 13.1 Å². The molecule has 0 unspecified atom stereocenters. The smallest absolute Gasteiger partial charge is 0.252 e. The Kier molecular flexibility index (Phi) is 4.30. The molecule has 0 aliphatic heterocycles. The summed E-state index contributed by atoms with van der Waals surface area (Å²) in [6.07, 6.45) is 0. The van der Waals surface area contributed by atoms with Crippen LogP contribution < -0.4 is 5.73 Å². The number of hydrogen-bond acceptors (Lipinski definition) is 5. The summed E-state index contributed by atoms with van der Waals surface area (Å²) >= 11 is 4.29. The Balaban J connectivity index is 2.94. The molecule has 0 aromatic carbocycles. The van der Waals surface area contributed by atoms with Crippen LogP contribution in [0.2, 0.25) is 0 Å². The minimum Gasteiger partial charge on any atom is -0.409 e. The lowest BCUT2D eigenvalue weighted by Crippen LogP contribution is -2.35. The second kappa shape index (κ2) is 5.13. The van der Waals surface area contributed by atoms with Crippen molar-refractivity contribution in [2.75, 3.05) is 13.6 Å². The van der Waals surface area contributed by atoms with Crippen molar-refractivity contribution in [3.8, 4) is 0 Å². The SMILES string of the molecule is CN(CC(N)=NO)S(=O)(=O)c1ccc(Br)s1. The molecule has 0 radical (unpaired) electrons. The summed E-state index contributed by atoms with van der Waals surface area (Å²) in [4.78, 5) is 0. The third kappa shape index (κ3) is 2.94. The number of hydrogen-bond donors (Lipinski definition) is 2. The first-order valence-corrected chi connectivity index (χ1v) is 7.11. The average molecular weight is 328 g/mol. The number of sulfonamides is 1. The van der Waals surface area contributed by atoms with E-state index in [0.717, 1.165) is 19.4 Å². The summed E-state index contributed by atoms with van der Waals surface area (Å²) < 4.78 is 25.8. The molecule has 6 nitrogen and oxygen atoms in total. The van der Waals surface area contributed by atoms with Gasteiger partial charge in [-0.3, -0.25) is 0 Å². The van der Waals surface area contributed by atoms with E-state index >= 15 is 0 Å². The van der Waals surface area contributed by atoms with Crippen molar-refractivity contribution in [3.63, 3.8) is 0 Å². The fourth-order valence-corrected chi connectivity index (χ4v) is 4.30. The molecular formula is C7H10BrN3O3S2. The van der Waals surface area contributed by atoms with Gasteiger partial charge in [0, 0.05) is 7.05 Å². The van der Waals surface area contributed by atoms with E-state index in [0.29, 0.717) is 0 Å². The first-order chi connectivity index (χ1) is 7.37. The minimum atomic E-state index is -3.57. The fourth-order valence-electron chi connectivity index (χ4n) is 0.935. The van der Waals surface area contributed by atoms with E-state index in [2.05, 4.69) is 21.1 Å². The lowest BCUT2D eigenvalue weighted by atomic mass is 10.6. The molecule has 1 aromatic heterocycles. The molecule has 0 fully saturated rings. The Morgan fingerprint density at radius 1 is 1.69 bits per heavy atom. The number of halogens is 1. The standard InChI is InChI=1S/C7H10BrN3O3S2/c1-11(4-6(9)10-12)16(13,14)7-3-2-5(8)15-7/h2-3,12H,4H2,1H3,(H2,9,10). The molecule has 0 spiro atoms. The van der Waals surface area contributed by atoms with E-state index in [-0.39, 0.29) is 16.6 Å².